The van der Waals surface area contributed by atoms with Gasteiger partial charge in [-0.15, -0.1) is 0 Å². The lowest BCUT2D eigenvalue weighted by atomic mass is 10.0. The summed E-state index contributed by atoms with van der Waals surface area (Å²) in [5, 5.41) is 8.59. The number of alkyl halides is 3. The lowest BCUT2D eigenvalue weighted by Gasteiger charge is -2.37. The average molecular weight is 284 g/mol. The van der Waals surface area contributed by atoms with Crippen molar-refractivity contribution >= 4 is 11.9 Å². The second-order valence-electron chi connectivity index (χ2n) is 4.54. The lowest BCUT2D eigenvalue weighted by Crippen LogP contribution is -2.64. The van der Waals surface area contributed by atoms with E-state index in [4.69, 9.17) is 15.6 Å². The summed E-state index contributed by atoms with van der Waals surface area (Å²) in [6.45, 7) is 0.320. The van der Waals surface area contributed by atoms with Crippen LogP contribution in [0.1, 0.15) is 13.3 Å². The topological polar surface area (TPSA) is 92.9 Å². The van der Waals surface area contributed by atoms with Gasteiger partial charge in [-0.05, 0) is 6.92 Å². The molecule has 2 atom stereocenters. The van der Waals surface area contributed by atoms with Gasteiger partial charge in [0, 0.05) is 13.1 Å². The molecule has 0 aromatic carbocycles. The van der Waals surface area contributed by atoms with E-state index in [-0.39, 0.29) is 26.1 Å². The number of carbonyl (C=O) groups is 2. The maximum Gasteiger partial charge on any atom is 0.415 e. The average Bonchev–Trinajstić information content (AvgIpc) is 2.25. The smallest absolute Gasteiger partial charge is 0.415 e. The molecule has 0 bridgehead atoms. The molecule has 6 nitrogen and oxygen atoms in total. The number of carboxylic acid groups (broad SMARTS) is 1. The predicted octanol–water partition coefficient (Wildman–Crippen LogP) is -0.0318. The van der Waals surface area contributed by atoms with Gasteiger partial charge in [0.05, 0.1) is 19.1 Å². The number of aliphatic carboxylic acids is 1. The van der Waals surface area contributed by atoms with Crippen molar-refractivity contribution in [1.29, 1.82) is 0 Å². The molecule has 0 aliphatic carbocycles. The summed E-state index contributed by atoms with van der Waals surface area (Å²) >= 11 is 0. The van der Waals surface area contributed by atoms with E-state index in [1.807, 2.05) is 0 Å². The highest BCUT2D eigenvalue weighted by atomic mass is 19.4. The summed E-state index contributed by atoms with van der Waals surface area (Å²) in [7, 11) is 0. The van der Waals surface area contributed by atoms with Crippen LogP contribution < -0.4 is 5.73 Å². The number of hydrogen-bond donors (Lipinski definition) is 2. The van der Waals surface area contributed by atoms with E-state index >= 15 is 0 Å². The van der Waals surface area contributed by atoms with Gasteiger partial charge in [0.15, 0.2) is 5.54 Å². The van der Waals surface area contributed by atoms with Crippen molar-refractivity contribution < 1.29 is 32.6 Å². The Bertz CT molecular complexity index is 370. The van der Waals surface area contributed by atoms with Gasteiger partial charge in [-0.1, -0.05) is 0 Å². The molecule has 0 spiro atoms. The first-order chi connectivity index (χ1) is 8.55. The standard InChI is InChI=1S/C10H15F3N2O4/c1-9(14,10(11,12)13)8(18)15-2-3-19-6(5-15)4-7(16)17/h6H,2-5,14H2,1H3,(H,16,17). The number of nitrogens with zero attached hydrogens (tertiary/aromatic N) is 1. The lowest BCUT2D eigenvalue weighted by molar-refractivity contribution is -0.197. The number of morpholine rings is 1. The fourth-order valence-corrected chi connectivity index (χ4v) is 1.67. The van der Waals surface area contributed by atoms with Crippen LogP contribution in [0.3, 0.4) is 0 Å². The van der Waals surface area contributed by atoms with Gasteiger partial charge in [0.25, 0.3) is 5.91 Å². The van der Waals surface area contributed by atoms with Gasteiger partial charge >= 0.3 is 12.1 Å². The fraction of sp³-hybridized carbons (Fsp3) is 0.800. The van der Waals surface area contributed by atoms with Gasteiger partial charge in [0.1, 0.15) is 0 Å². The van der Waals surface area contributed by atoms with Crippen molar-refractivity contribution in [3.05, 3.63) is 0 Å². The van der Waals surface area contributed by atoms with Crippen LogP contribution in [0.4, 0.5) is 13.2 Å². The minimum absolute atomic E-state index is 0.0162. The predicted molar refractivity (Wildman–Crippen MR) is 57.2 cm³/mol. The normalized spacial score (nSPS) is 23.8. The van der Waals surface area contributed by atoms with Crippen molar-refractivity contribution in [2.75, 3.05) is 19.7 Å². The molecule has 1 fully saturated rings. The highest BCUT2D eigenvalue weighted by molar-refractivity contribution is 5.86. The van der Waals surface area contributed by atoms with E-state index in [0.29, 0.717) is 6.92 Å². The molecule has 1 rings (SSSR count). The Labute approximate surface area is 107 Å². The van der Waals surface area contributed by atoms with Gasteiger partial charge < -0.3 is 20.5 Å². The number of amides is 1. The summed E-state index contributed by atoms with van der Waals surface area (Å²) in [5.41, 5.74) is 2.05. The van der Waals surface area contributed by atoms with E-state index in [0.717, 1.165) is 4.90 Å². The van der Waals surface area contributed by atoms with Crippen LogP contribution in [-0.4, -0.2) is 59.4 Å². The molecule has 1 heterocycles. The molecule has 1 aliphatic rings. The number of nitrogens with two attached hydrogens (primary N) is 1. The van der Waals surface area contributed by atoms with E-state index in [1.165, 1.54) is 0 Å². The maximum atomic E-state index is 12.6. The van der Waals surface area contributed by atoms with E-state index < -0.39 is 29.7 Å². The molecule has 1 aliphatic heterocycles. The SMILES string of the molecule is CC(N)(C(=O)N1CCOC(CC(=O)O)C1)C(F)(F)F. The number of rotatable bonds is 3. The van der Waals surface area contributed by atoms with Crippen LogP contribution in [0.2, 0.25) is 0 Å². The zero-order valence-electron chi connectivity index (χ0n) is 10.2. The molecule has 0 aromatic rings. The summed E-state index contributed by atoms with van der Waals surface area (Å²) < 4.78 is 43.0. The van der Waals surface area contributed by atoms with Crippen molar-refractivity contribution in [3.8, 4) is 0 Å². The zero-order valence-corrected chi connectivity index (χ0v) is 10.2. The Hall–Kier alpha value is -1.35. The molecule has 110 valence electrons. The van der Waals surface area contributed by atoms with Gasteiger partial charge in [0.2, 0.25) is 0 Å². The van der Waals surface area contributed by atoms with Crippen LogP contribution in [0.25, 0.3) is 0 Å². The van der Waals surface area contributed by atoms with Crippen LogP contribution in [0.5, 0.6) is 0 Å². The molecule has 0 radical (unpaired) electrons. The minimum Gasteiger partial charge on any atom is -0.481 e. The Morgan fingerprint density at radius 3 is 2.53 bits per heavy atom. The Morgan fingerprint density at radius 2 is 2.05 bits per heavy atom. The second kappa shape index (κ2) is 5.33. The highest BCUT2D eigenvalue weighted by Gasteiger charge is 2.55. The Morgan fingerprint density at radius 1 is 1.47 bits per heavy atom. The van der Waals surface area contributed by atoms with Gasteiger partial charge in [-0.3, -0.25) is 9.59 Å². The first kappa shape index (κ1) is 15.7. The molecular formula is C10H15F3N2O4. The third-order valence-corrected chi connectivity index (χ3v) is 2.86. The van der Waals surface area contributed by atoms with Crippen molar-refractivity contribution in [3.63, 3.8) is 0 Å². The van der Waals surface area contributed by atoms with E-state index in [2.05, 4.69) is 0 Å². The Balaban J connectivity index is 2.75. The molecule has 1 saturated heterocycles. The molecule has 3 N–H and O–H groups in total. The molecule has 2 unspecified atom stereocenters. The third-order valence-electron chi connectivity index (χ3n) is 2.86. The van der Waals surface area contributed by atoms with E-state index in [1.54, 1.807) is 0 Å². The molecule has 19 heavy (non-hydrogen) atoms. The number of carbonyl (C=O) groups excluding carboxylic acids is 1. The highest BCUT2D eigenvalue weighted by Crippen LogP contribution is 2.30. The summed E-state index contributed by atoms with van der Waals surface area (Å²) in [6.07, 6.45) is -6.07. The fourth-order valence-electron chi connectivity index (χ4n) is 1.67. The number of hydrogen-bond acceptors (Lipinski definition) is 4. The molecule has 0 aromatic heterocycles. The van der Waals surface area contributed by atoms with Crippen LogP contribution >= 0.6 is 0 Å². The first-order valence-electron chi connectivity index (χ1n) is 5.54. The third kappa shape index (κ3) is 3.57. The molecule has 9 heteroatoms. The minimum atomic E-state index is -4.87. The summed E-state index contributed by atoms with van der Waals surface area (Å²) in [4.78, 5) is 23.2. The zero-order chi connectivity index (χ0) is 14.8. The Kier molecular flexibility index (Phi) is 4.41. The maximum absolute atomic E-state index is 12.6. The van der Waals surface area contributed by atoms with Gasteiger partial charge in [-0.2, -0.15) is 13.2 Å². The van der Waals surface area contributed by atoms with Crippen molar-refractivity contribution in [2.24, 2.45) is 5.73 Å². The van der Waals surface area contributed by atoms with Gasteiger partial charge in [-0.25, -0.2) is 0 Å². The van der Waals surface area contributed by atoms with Crippen molar-refractivity contribution in [1.82, 2.24) is 4.90 Å². The number of ether oxygens (including phenoxy) is 1. The number of carboxylic acids is 1. The second-order valence-corrected chi connectivity index (χ2v) is 4.54. The summed E-state index contributed by atoms with van der Waals surface area (Å²) in [5.74, 6) is -2.43. The van der Waals surface area contributed by atoms with Crippen LogP contribution in [0, 0.1) is 0 Å². The summed E-state index contributed by atoms with van der Waals surface area (Å²) in [6, 6.07) is 0. The van der Waals surface area contributed by atoms with Crippen LogP contribution in [0.15, 0.2) is 0 Å². The largest absolute Gasteiger partial charge is 0.481 e. The first-order valence-corrected chi connectivity index (χ1v) is 5.54. The molecule has 1 amide bonds. The monoisotopic (exact) mass is 284 g/mol. The van der Waals surface area contributed by atoms with E-state index in [9.17, 15) is 22.8 Å². The van der Waals surface area contributed by atoms with Crippen LogP contribution in [-0.2, 0) is 14.3 Å². The molecule has 0 saturated carbocycles. The number of halogens is 3. The quantitative estimate of drug-likeness (QED) is 0.759. The van der Waals surface area contributed by atoms with Crippen molar-refractivity contribution in [2.45, 2.75) is 31.2 Å². The molecular weight excluding hydrogens is 269 g/mol.